The van der Waals surface area contributed by atoms with Gasteiger partial charge in [0.15, 0.2) is 0 Å². The van der Waals surface area contributed by atoms with Gasteiger partial charge >= 0.3 is 0 Å². The van der Waals surface area contributed by atoms with E-state index in [4.69, 9.17) is 11.6 Å². The summed E-state index contributed by atoms with van der Waals surface area (Å²) in [7, 11) is 0. The summed E-state index contributed by atoms with van der Waals surface area (Å²) in [6.07, 6.45) is 2.03. The normalized spacial score (nSPS) is 13.9. The molecule has 0 spiro atoms. The second-order valence-electron chi connectivity index (χ2n) is 5.55. The van der Waals surface area contributed by atoms with Crippen molar-refractivity contribution in [3.8, 4) is 0 Å². The van der Waals surface area contributed by atoms with Crippen LogP contribution in [-0.4, -0.2) is 5.38 Å². The lowest BCUT2D eigenvalue weighted by atomic mass is 9.88. The summed E-state index contributed by atoms with van der Waals surface area (Å²) in [5, 5.41) is 0.243. The number of halogens is 1. The molecule has 0 fully saturated rings. The zero-order chi connectivity index (χ0) is 11.5. The molecule has 0 bridgehead atoms. The van der Waals surface area contributed by atoms with Gasteiger partial charge in [0.1, 0.15) is 0 Å². The number of alkyl halides is 1. The molecule has 1 aromatic rings. The lowest BCUT2D eigenvalue weighted by Crippen LogP contribution is -2.15. The Morgan fingerprint density at radius 3 is 2.13 bits per heavy atom. The van der Waals surface area contributed by atoms with Crippen LogP contribution in [0.5, 0.6) is 0 Å². The summed E-state index contributed by atoms with van der Waals surface area (Å²) in [5.74, 6) is 0. The van der Waals surface area contributed by atoms with Gasteiger partial charge in [-0.15, -0.1) is 11.6 Å². The van der Waals surface area contributed by atoms with Crippen molar-refractivity contribution < 1.29 is 0 Å². The molecule has 0 saturated carbocycles. The number of hydrogen-bond donors (Lipinski definition) is 0. The summed E-state index contributed by atoms with van der Waals surface area (Å²) < 4.78 is 0. The number of hydrogen-bond acceptors (Lipinski definition) is 0. The molecule has 1 rings (SSSR count). The van der Waals surface area contributed by atoms with E-state index in [0.717, 1.165) is 12.8 Å². The highest BCUT2D eigenvalue weighted by molar-refractivity contribution is 6.20. The van der Waals surface area contributed by atoms with Crippen molar-refractivity contribution in [3.63, 3.8) is 0 Å². The molecule has 1 atom stereocenters. The predicted octanol–water partition coefficient (Wildman–Crippen LogP) is 4.58. The Balaban J connectivity index is 2.51. The Morgan fingerprint density at radius 1 is 1.13 bits per heavy atom. The van der Waals surface area contributed by atoms with Crippen molar-refractivity contribution in [1.29, 1.82) is 0 Å². The Hall–Kier alpha value is -0.490. The second kappa shape index (κ2) is 5.03. The highest BCUT2D eigenvalue weighted by Gasteiger charge is 2.16. The lowest BCUT2D eigenvalue weighted by Gasteiger charge is -2.21. The standard InChI is InChI=1S/C14H21Cl/c1-11-5-7-12(8-6-11)9-13(15)10-14(2,3)4/h5-8,13H,9-10H2,1-4H3. The van der Waals surface area contributed by atoms with Crippen molar-refractivity contribution in [3.05, 3.63) is 35.4 Å². The molecule has 1 aromatic carbocycles. The molecule has 84 valence electrons. The van der Waals surface area contributed by atoms with Gasteiger partial charge in [-0.3, -0.25) is 0 Å². The SMILES string of the molecule is Cc1ccc(CC(Cl)CC(C)(C)C)cc1. The zero-order valence-electron chi connectivity index (χ0n) is 10.2. The smallest absolute Gasteiger partial charge is 0.0381 e. The summed E-state index contributed by atoms with van der Waals surface area (Å²) in [6, 6.07) is 8.65. The van der Waals surface area contributed by atoms with Crippen molar-refractivity contribution in [1.82, 2.24) is 0 Å². The first-order chi connectivity index (χ1) is 6.87. The Labute approximate surface area is 98.7 Å². The summed E-state index contributed by atoms with van der Waals surface area (Å²) >= 11 is 6.34. The van der Waals surface area contributed by atoms with Gasteiger partial charge in [0.25, 0.3) is 0 Å². The maximum absolute atomic E-state index is 6.34. The second-order valence-corrected chi connectivity index (χ2v) is 6.17. The maximum atomic E-state index is 6.34. The van der Waals surface area contributed by atoms with Gasteiger partial charge < -0.3 is 0 Å². The topological polar surface area (TPSA) is 0 Å². The largest absolute Gasteiger partial charge is 0.123 e. The monoisotopic (exact) mass is 224 g/mol. The average Bonchev–Trinajstić information content (AvgIpc) is 2.05. The molecule has 0 saturated heterocycles. The molecule has 15 heavy (non-hydrogen) atoms. The molecule has 1 heteroatoms. The fourth-order valence-corrected chi connectivity index (χ4v) is 2.36. The minimum absolute atomic E-state index is 0.243. The van der Waals surface area contributed by atoms with Crippen LogP contribution in [0.3, 0.4) is 0 Å². The van der Waals surface area contributed by atoms with Gasteiger partial charge in [-0.1, -0.05) is 50.6 Å². The Bertz CT molecular complexity index is 292. The molecule has 0 N–H and O–H groups in total. The van der Waals surface area contributed by atoms with Crippen LogP contribution in [0.25, 0.3) is 0 Å². The number of aryl methyl sites for hydroxylation is 1. The van der Waals surface area contributed by atoms with Gasteiger partial charge in [0.05, 0.1) is 0 Å². The first kappa shape index (κ1) is 12.6. The van der Waals surface area contributed by atoms with E-state index in [1.165, 1.54) is 11.1 Å². The average molecular weight is 225 g/mol. The summed E-state index contributed by atoms with van der Waals surface area (Å²) in [6.45, 7) is 8.81. The number of benzene rings is 1. The Kier molecular flexibility index (Phi) is 4.21. The van der Waals surface area contributed by atoms with E-state index in [9.17, 15) is 0 Å². The molecule has 0 amide bonds. The molecule has 0 aliphatic carbocycles. The van der Waals surface area contributed by atoms with Crippen molar-refractivity contribution >= 4 is 11.6 Å². The van der Waals surface area contributed by atoms with E-state index in [0.29, 0.717) is 5.41 Å². The maximum Gasteiger partial charge on any atom is 0.0381 e. The summed E-state index contributed by atoms with van der Waals surface area (Å²) in [5.41, 5.74) is 2.96. The van der Waals surface area contributed by atoms with Gasteiger partial charge in [-0.25, -0.2) is 0 Å². The third kappa shape index (κ3) is 5.22. The van der Waals surface area contributed by atoms with Crippen molar-refractivity contribution in [2.75, 3.05) is 0 Å². The van der Waals surface area contributed by atoms with Crippen LogP contribution < -0.4 is 0 Å². The van der Waals surface area contributed by atoms with Crippen LogP contribution in [-0.2, 0) is 6.42 Å². The predicted molar refractivity (Wildman–Crippen MR) is 68.6 cm³/mol. The highest BCUT2D eigenvalue weighted by Crippen LogP contribution is 2.25. The third-order valence-electron chi connectivity index (χ3n) is 2.41. The highest BCUT2D eigenvalue weighted by atomic mass is 35.5. The van der Waals surface area contributed by atoms with E-state index >= 15 is 0 Å². The van der Waals surface area contributed by atoms with Crippen molar-refractivity contribution in [2.24, 2.45) is 5.41 Å². The molecule has 0 aliphatic heterocycles. The fraction of sp³-hybridized carbons (Fsp3) is 0.571. The van der Waals surface area contributed by atoms with E-state index in [2.05, 4.69) is 52.0 Å². The minimum Gasteiger partial charge on any atom is -0.123 e. The quantitative estimate of drug-likeness (QED) is 0.660. The summed E-state index contributed by atoms with van der Waals surface area (Å²) in [4.78, 5) is 0. The molecule has 0 aliphatic rings. The van der Waals surface area contributed by atoms with Crippen LogP contribution in [0.2, 0.25) is 0 Å². The van der Waals surface area contributed by atoms with Crippen LogP contribution in [0.15, 0.2) is 24.3 Å². The third-order valence-corrected chi connectivity index (χ3v) is 2.72. The molecule has 0 nitrogen and oxygen atoms in total. The van der Waals surface area contributed by atoms with E-state index in [1.54, 1.807) is 0 Å². The molecule has 0 radical (unpaired) electrons. The van der Waals surface area contributed by atoms with Crippen LogP contribution in [0.4, 0.5) is 0 Å². The number of rotatable bonds is 3. The first-order valence-electron chi connectivity index (χ1n) is 5.56. The molecular formula is C14H21Cl. The van der Waals surface area contributed by atoms with Gasteiger partial charge in [0.2, 0.25) is 0 Å². The molecular weight excluding hydrogens is 204 g/mol. The van der Waals surface area contributed by atoms with E-state index < -0.39 is 0 Å². The van der Waals surface area contributed by atoms with Crippen LogP contribution in [0.1, 0.15) is 38.3 Å². The molecule has 0 aromatic heterocycles. The first-order valence-corrected chi connectivity index (χ1v) is 6.00. The molecule has 0 heterocycles. The van der Waals surface area contributed by atoms with Gasteiger partial charge in [-0.2, -0.15) is 0 Å². The van der Waals surface area contributed by atoms with Crippen molar-refractivity contribution in [2.45, 2.75) is 45.9 Å². The molecule has 1 unspecified atom stereocenters. The van der Waals surface area contributed by atoms with Crippen LogP contribution >= 0.6 is 11.6 Å². The fourth-order valence-electron chi connectivity index (χ4n) is 1.72. The Morgan fingerprint density at radius 2 is 1.67 bits per heavy atom. The van der Waals surface area contributed by atoms with E-state index in [1.807, 2.05) is 0 Å². The minimum atomic E-state index is 0.243. The zero-order valence-corrected chi connectivity index (χ0v) is 10.9. The van der Waals surface area contributed by atoms with Gasteiger partial charge in [0, 0.05) is 5.38 Å². The van der Waals surface area contributed by atoms with Crippen LogP contribution in [0, 0.1) is 12.3 Å². The lowest BCUT2D eigenvalue weighted by molar-refractivity contribution is 0.369. The van der Waals surface area contributed by atoms with Gasteiger partial charge in [-0.05, 0) is 30.7 Å². The van der Waals surface area contributed by atoms with E-state index in [-0.39, 0.29) is 5.38 Å².